The van der Waals surface area contributed by atoms with E-state index in [0.29, 0.717) is 0 Å². The smallest absolute Gasteiger partial charge is 0.325 e. The van der Waals surface area contributed by atoms with Gasteiger partial charge in [0.05, 0.1) is 9.40 Å². The van der Waals surface area contributed by atoms with E-state index in [9.17, 15) is 20.0 Å². The van der Waals surface area contributed by atoms with Crippen LogP contribution in [0.3, 0.4) is 0 Å². The van der Waals surface area contributed by atoms with Gasteiger partial charge >= 0.3 is 5.97 Å². The summed E-state index contributed by atoms with van der Waals surface area (Å²) in [5, 5.41) is 29.1. The Morgan fingerprint density at radius 2 is 2.00 bits per heavy atom. The van der Waals surface area contributed by atoms with E-state index >= 15 is 0 Å². The zero-order chi connectivity index (χ0) is 13.3. The van der Waals surface area contributed by atoms with E-state index < -0.39 is 22.7 Å². The second kappa shape index (κ2) is 4.98. The molecule has 0 aliphatic heterocycles. The Balaban J connectivity index is 3.52. The van der Waals surface area contributed by atoms with Gasteiger partial charge in [0.2, 0.25) is 0 Å². The minimum absolute atomic E-state index is 0.0151. The number of nitrogens with zero attached hydrogens (tertiary/aromatic N) is 1. The zero-order valence-electron chi connectivity index (χ0n) is 8.05. The molecule has 1 rings (SSSR count). The lowest BCUT2D eigenvalue weighted by molar-refractivity contribution is -0.385. The molecule has 0 saturated carbocycles. The van der Waals surface area contributed by atoms with Gasteiger partial charge in [-0.3, -0.25) is 14.9 Å². The van der Waals surface area contributed by atoms with Crippen LogP contribution in [0.2, 0.25) is 0 Å². The Morgan fingerprint density at radius 1 is 1.47 bits per heavy atom. The highest BCUT2D eigenvalue weighted by molar-refractivity contribution is 9.13. The molecule has 1 aromatic carbocycles. The van der Waals surface area contributed by atoms with Crippen molar-refractivity contribution in [2.24, 2.45) is 5.73 Å². The lowest BCUT2D eigenvalue weighted by atomic mass is 10.1. The van der Waals surface area contributed by atoms with Gasteiger partial charge in [-0.15, -0.1) is 0 Å². The predicted octanol–water partition coefficient (Wildman–Crippen LogP) is 1.91. The molecular formula is C8H6Br2N2O5. The number of halogens is 2. The Hall–Kier alpha value is -1.19. The summed E-state index contributed by atoms with van der Waals surface area (Å²) in [4.78, 5) is 20.7. The summed E-state index contributed by atoms with van der Waals surface area (Å²) < 4.78 is -0.000242. The minimum Gasteiger partial charge on any atom is -0.506 e. The molecule has 1 aromatic rings. The summed E-state index contributed by atoms with van der Waals surface area (Å²) >= 11 is 5.83. The van der Waals surface area contributed by atoms with Crippen LogP contribution >= 0.6 is 31.9 Å². The number of nitro benzene ring substituents is 1. The first-order valence-electron chi connectivity index (χ1n) is 4.11. The van der Waals surface area contributed by atoms with Crippen LogP contribution in [0.5, 0.6) is 5.75 Å². The number of hydrogen-bond donors (Lipinski definition) is 3. The highest BCUT2D eigenvalue weighted by Crippen LogP contribution is 2.42. The van der Waals surface area contributed by atoms with Crippen molar-refractivity contribution in [2.45, 2.75) is 6.04 Å². The minimum atomic E-state index is -1.54. The van der Waals surface area contributed by atoms with Gasteiger partial charge in [0.15, 0.2) is 0 Å². The molecule has 0 radical (unpaired) electrons. The summed E-state index contributed by atoms with van der Waals surface area (Å²) in [6, 6.07) is -0.624. The normalized spacial score (nSPS) is 12.2. The fourth-order valence-electron chi connectivity index (χ4n) is 1.13. The van der Waals surface area contributed by atoms with Crippen molar-refractivity contribution in [2.75, 3.05) is 0 Å². The summed E-state index contributed by atoms with van der Waals surface area (Å²) in [6.45, 7) is 0. The van der Waals surface area contributed by atoms with E-state index in [-0.39, 0.29) is 20.2 Å². The van der Waals surface area contributed by atoms with Crippen LogP contribution in [0.25, 0.3) is 0 Å². The molecular weight excluding hydrogens is 364 g/mol. The third-order valence-electron chi connectivity index (χ3n) is 1.99. The number of hydrogen-bond acceptors (Lipinski definition) is 5. The fraction of sp³-hybridized carbons (Fsp3) is 0.125. The maximum atomic E-state index is 10.7. The first-order chi connectivity index (χ1) is 7.77. The molecule has 9 heteroatoms. The van der Waals surface area contributed by atoms with Gasteiger partial charge in [-0.05, 0) is 31.9 Å². The topological polar surface area (TPSA) is 127 Å². The molecule has 0 aliphatic rings. The summed E-state index contributed by atoms with van der Waals surface area (Å²) in [5.74, 6) is -1.85. The van der Waals surface area contributed by atoms with Crippen molar-refractivity contribution in [3.05, 3.63) is 30.7 Å². The largest absolute Gasteiger partial charge is 0.506 e. The molecule has 0 saturated heterocycles. The number of nitrogens with two attached hydrogens (primary N) is 1. The van der Waals surface area contributed by atoms with E-state index in [0.717, 1.165) is 6.07 Å². The molecule has 0 heterocycles. The highest BCUT2D eigenvalue weighted by atomic mass is 79.9. The van der Waals surface area contributed by atoms with Crippen LogP contribution in [0.4, 0.5) is 5.69 Å². The SMILES string of the molecule is N[C@H](C(=O)O)c1cc([N+](=O)[O-])c(Br)c(Br)c1O. The molecule has 0 bridgehead atoms. The Kier molecular flexibility index (Phi) is 4.07. The van der Waals surface area contributed by atoms with Crippen molar-refractivity contribution in [3.63, 3.8) is 0 Å². The summed E-state index contributed by atoms with van der Waals surface area (Å²) in [6.07, 6.45) is 0. The third kappa shape index (κ3) is 2.56. The number of phenols is 1. The lowest BCUT2D eigenvalue weighted by Gasteiger charge is -2.11. The molecule has 7 nitrogen and oxygen atoms in total. The van der Waals surface area contributed by atoms with Crippen molar-refractivity contribution in [1.82, 2.24) is 0 Å². The monoisotopic (exact) mass is 368 g/mol. The van der Waals surface area contributed by atoms with E-state index in [1.807, 2.05) is 0 Å². The summed E-state index contributed by atoms with van der Waals surface area (Å²) in [7, 11) is 0. The molecule has 4 N–H and O–H groups in total. The number of benzene rings is 1. The third-order valence-corrected chi connectivity index (χ3v) is 4.10. The van der Waals surface area contributed by atoms with Crippen LogP contribution in [-0.2, 0) is 4.79 Å². The second-order valence-corrected chi connectivity index (χ2v) is 4.62. The van der Waals surface area contributed by atoms with Gasteiger partial charge in [-0.25, -0.2) is 0 Å². The average molecular weight is 370 g/mol. The molecule has 92 valence electrons. The quantitative estimate of drug-likeness (QED) is 0.551. The average Bonchev–Trinajstić information content (AvgIpc) is 2.24. The van der Waals surface area contributed by atoms with E-state index in [4.69, 9.17) is 10.8 Å². The van der Waals surface area contributed by atoms with Crippen LogP contribution in [0, 0.1) is 10.1 Å². The first-order valence-corrected chi connectivity index (χ1v) is 5.69. The van der Waals surface area contributed by atoms with E-state index in [2.05, 4.69) is 31.9 Å². The maximum absolute atomic E-state index is 10.7. The zero-order valence-corrected chi connectivity index (χ0v) is 11.2. The highest BCUT2D eigenvalue weighted by Gasteiger charge is 2.27. The van der Waals surface area contributed by atoms with Crippen molar-refractivity contribution < 1.29 is 19.9 Å². The Bertz CT molecular complexity index is 505. The van der Waals surface area contributed by atoms with Gasteiger partial charge in [0.25, 0.3) is 5.69 Å². The molecule has 0 amide bonds. The van der Waals surface area contributed by atoms with Gasteiger partial charge in [0, 0.05) is 11.6 Å². The van der Waals surface area contributed by atoms with Crippen molar-refractivity contribution >= 4 is 43.5 Å². The number of nitro groups is 1. The van der Waals surface area contributed by atoms with Crippen LogP contribution in [0.15, 0.2) is 15.0 Å². The number of aromatic hydroxyl groups is 1. The number of carboxylic acids is 1. The Morgan fingerprint density at radius 3 is 2.41 bits per heavy atom. The van der Waals surface area contributed by atoms with Crippen molar-refractivity contribution in [1.29, 1.82) is 0 Å². The van der Waals surface area contributed by atoms with Gasteiger partial charge in [-0.2, -0.15) is 0 Å². The van der Waals surface area contributed by atoms with Crippen LogP contribution in [0.1, 0.15) is 11.6 Å². The van der Waals surface area contributed by atoms with Crippen molar-refractivity contribution in [3.8, 4) is 5.75 Å². The predicted molar refractivity (Wildman–Crippen MR) is 64.7 cm³/mol. The molecule has 1 atom stereocenters. The Labute approximate surface area is 112 Å². The number of phenolic OH excluding ortho intramolecular Hbond substituents is 1. The molecule has 0 aromatic heterocycles. The van der Waals surface area contributed by atoms with Gasteiger partial charge < -0.3 is 15.9 Å². The van der Waals surface area contributed by atoms with E-state index in [1.54, 1.807) is 0 Å². The maximum Gasteiger partial charge on any atom is 0.325 e. The molecule has 0 unspecified atom stereocenters. The lowest BCUT2D eigenvalue weighted by Crippen LogP contribution is -2.21. The molecule has 0 spiro atoms. The number of rotatable bonds is 3. The standard InChI is InChI=1S/C8H6Br2N2O5/c9-4-3(12(16)17)1-2(6(11)8(14)15)7(13)5(4)10/h1,6,13H,11H2,(H,14,15)/t6-/m0/s1. The summed E-state index contributed by atoms with van der Waals surface area (Å²) in [5.41, 5.74) is 4.68. The van der Waals surface area contributed by atoms with Crippen LogP contribution in [-0.4, -0.2) is 21.1 Å². The number of carbonyl (C=O) groups is 1. The van der Waals surface area contributed by atoms with Gasteiger partial charge in [-0.1, -0.05) is 0 Å². The van der Waals surface area contributed by atoms with Crippen LogP contribution < -0.4 is 5.73 Å². The van der Waals surface area contributed by atoms with Gasteiger partial charge in [0.1, 0.15) is 16.3 Å². The first kappa shape index (κ1) is 13.9. The number of carboxylic acid groups (broad SMARTS) is 1. The molecule has 17 heavy (non-hydrogen) atoms. The van der Waals surface area contributed by atoms with E-state index in [1.165, 1.54) is 0 Å². The second-order valence-electron chi connectivity index (χ2n) is 3.03. The number of aliphatic carboxylic acids is 1. The molecule has 0 aliphatic carbocycles. The molecule has 0 fully saturated rings. The fourth-order valence-corrected chi connectivity index (χ4v) is 2.00.